The third kappa shape index (κ3) is 2.98. The zero-order valence-corrected chi connectivity index (χ0v) is 18.8. The predicted octanol–water partition coefficient (Wildman–Crippen LogP) is 5.96. The van der Waals surface area contributed by atoms with Crippen molar-refractivity contribution >= 4 is 56.6 Å². The number of carbonyl (C=O) groups is 2. The number of hydrogen-bond acceptors (Lipinski definition) is 2. The Labute approximate surface area is 185 Å². The molecule has 2 atom stereocenters. The summed E-state index contributed by atoms with van der Waals surface area (Å²) in [5.41, 5.74) is 4.20. The first kappa shape index (κ1) is 20.7. The molecule has 4 nitrogen and oxygen atoms in total. The van der Waals surface area contributed by atoms with Gasteiger partial charge in [0.15, 0.2) is 11.6 Å². The lowest BCUT2D eigenvalue weighted by Crippen LogP contribution is -2.16. The average Bonchev–Trinajstić information content (AvgIpc) is 3.18. The van der Waals surface area contributed by atoms with Crippen molar-refractivity contribution in [2.45, 2.75) is 24.6 Å². The van der Waals surface area contributed by atoms with Gasteiger partial charge in [-0.1, -0.05) is 36.4 Å². The third-order valence-electron chi connectivity index (χ3n) is 5.65. The van der Waals surface area contributed by atoms with Crippen molar-refractivity contribution in [1.29, 1.82) is 0 Å². The van der Waals surface area contributed by atoms with Crippen LogP contribution in [0.3, 0.4) is 0 Å². The van der Waals surface area contributed by atoms with Gasteiger partial charge in [-0.25, -0.2) is 0 Å². The van der Waals surface area contributed by atoms with Crippen molar-refractivity contribution in [3.63, 3.8) is 0 Å². The number of halogens is 2. The van der Waals surface area contributed by atoms with Gasteiger partial charge in [0.05, 0.1) is 33.3 Å². The van der Waals surface area contributed by atoms with Gasteiger partial charge in [0.1, 0.15) is 0 Å². The number of fused-ring (bicyclic) bond motifs is 2. The number of carbonyl (C=O) groups excluding carboxylic acids is 2. The van der Waals surface area contributed by atoms with E-state index in [4.69, 9.17) is 23.2 Å². The summed E-state index contributed by atoms with van der Waals surface area (Å²) in [5, 5.41) is 0.232. The number of aromatic nitrogens is 2. The number of benzene rings is 2. The van der Waals surface area contributed by atoms with Crippen molar-refractivity contribution in [3.05, 3.63) is 59.7 Å². The molecule has 30 heavy (non-hydrogen) atoms. The van der Waals surface area contributed by atoms with Crippen LogP contribution in [0.15, 0.2) is 48.5 Å². The Morgan fingerprint density at radius 3 is 1.37 bits per heavy atom. The molecule has 4 aromatic rings. The molecule has 2 unspecified atom stereocenters. The molecule has 2 aromatic carbocycles. The van der Waals surface area contributed by atoms with Gasteiger partial charge in [0, 0.05) is 35.9 Å². The van der Waals surface area contributed by atoms with Gasteiger partial charge >= 0.3 is 0 Å². The van der Waals surface area contributed by atoms with Gasteiger partial charge in [-0.3, -0.25) is 9.59 Å². The highest BCUT2D eigenvalue weighted by molar-refractivity contribution is 6.37. The van der Waals surface area contributed by atoms with Gasteiger partial charge in [-0.15, -0.1) is 23.2 Å². The van der Waals surface area contributed by atoms with E-state index >= 15 is 0 Å². The van der Waals surface area contributed by atoms with Crippen LogP contribution in [0.2, 0.25) is 0 Å². The highest BCUT2D eigenvalue weighted by Crippen LogP contribution is 2.40. The number of nitrogens with zero attached hydrogens (tertiary/aromatic N) is 2. The Balaban J connectivity index is 2.22. The van der Waals surface area contributed by atoms with E-state index in [9.17, 15) is 9.59 Å². The highest BCUT2D eigenvalue weighted by Gasteiger charge is 2.31. The maximum absolute atomic E-state index is 13.2. The maximum Gasteiger partial charge on any atom is 0.183 e. The fourth-order valence-corrected chi connectivity index (χ4v) is 4.46. The second-order valence-corrected chi connectivity index (χ2v) is 8.87. The lowest BCUT2D eigenvalue weighted by Gasteiger charge is -2.13. The zero-order valence-electron chi connectivity index (χ0n) is 17.2. The largest absolute Gasteiger partial charge is 0.342 e. The Morgan fingerprint density at radius 2 is 1.03 bits per heavy atom. The SMILES string of the molecule is CC(Cl)C(=O)c1c(-c2c(C(=O)C(C)Cl)c3ccccc3n2C)n(C)c2ccccc12. The van der Waals surface area contributed by atoms with Crippen LogP contribution in [-0.4, -0.2) is 31.5 Å². The van der Waals surface area contributed by atoms with Crippen LogP contribution in [0.4, 0.5) is 0 Å². The van der Waals surface area contributed by atoms with E-state index in [1.807, 2.05) is 71.8 Å². The van der Waals surface area contributed by atoms with Gasteiger partial charge in [0.25, 0.3) is 0 Å². The van der Waals surface area contributed by atoms with Crippen molar-refractivity contribution in [3.8, 4) is 11.4 Å². The molecule has 0 N–H and O–H groups in total. The van der Waals surface area contributed by atoms with E-state index in [2.05, 4.69) is 0 Å². The summed E-state index contributed by atoms with van der Waals surface area (Å²) in [4.78, 5) is 26.5. The van der Waals surface area contributed by atoms with Crippen molar-refractivity contribution in [2.24, 2.45) is 14.1 Å². The van der Waals surface area contributed by atoms with Crippen LogP contribution in [-0.2, 0) is 14.1 Å². The maximum atomic E-state index is 13.2. The third-order valence-corrected chi connectivity index (χ3v) is 6.05. The number of para-hydroxylation sites is 2. The Morgan fingerprint density at radius 1 is 0.700 bits per heavy atom. The molecule has 4 rings (SSSR count). The van der Waals surface area contributed by atoms with Crippen LogP contribution in [0.5, 0.6) is 0 Å². The minimum absolute atomic E-state index is 0.175. The molecule has 0 aliphatic rings. The van der Waals surface area contributed by atoms with Gasteiger partial charge < -0.3 is 9.13 Å². The van der Waals surface area contributed by atoms with Crippen LogP contribution < -0.4 is 0 Å². The van der Waals surface area contributed by atoms with E-state index in [0.29, 0.717) is 22.5 Å². The van der Waals surface area contributed by atoms with Crippen molar-refractivity contribution in [1.82, 2.24) is 9.13 Å². The monoisotopic (exact) mass is 440 g/mol. The summed E-state index contributed by atoms with van der Waals surface area (Å²) in [6, 6.07) is 15.4. The number of aryl methyl sites for hydroxylation is 2. The number of hydrogen-bond donors (Lipinski definition) is 0. The Kier molecular flexibility index (Phi) is 5.25. The van der Waals surface area contributed by atoms with E-state index in [-0.39, 0.29) is 11.6 Å². The number of ketones is 2. The molecule has 154 valence electrons. The summed E-state index contributed by atoms with van der Waals surface area (Å²) in [7, 11) is 3.81. The molecule has 0 spiro atoms. The molecule has 2 aromatic heterocycles. The second-order valence-electron chi connectivity index (χ2n) is 7.56. The van der Waals surface area contributed by atoms with Crippen molar-refractivity contribution < 1.29 is 9.59 Å². The molecular formula is C24H22Cl2N2O2. The molecular weight excluding hydrogens is 419 g/mol. The first-order valence-corrected chi connectivity index (χ1v) is 10.6. The molecule has 6 heteroatoms. The normalized spacial score (nSPS) is 13.7. The Bertz CT molecular complexity index is 1210. The van der Waals surface area contributed by atoms with Crippen LogP contribution in [0, 0.1) is 0 Å². The predicted molar refractivity (Wildman–Crippen MR) is 124 cm³/mol. The van der Waals surface area contributed by atoms with Gasteiger partial charge in [-0.2, -0.15) is 0 Å². The fourth-order valence-electron chi connectivity index (χ4n) is 4.24. The zero-order chi connectivity index (χ0) is 21.7. The fraction of sp³-hybridized carbons (Fsp3) is 0.250. The topological polar surface area (TPSA) is 44.0 Å². The van der Waals surface area contributed by atoms with Crippen LogP contribution >= 0.6 is 23.2 Å². The first-order valence-electron chi connectivity index (χ1n) is 9.77. The van der Waals surface area contributed by atoms with Crippen LogP contribution in [0.25, 0.3) is 33.2 Å². The molecule has 0 amide bonds. The molecule has 0 saturated heterocycles. The van der Waals surface area contributed by atoms with Crippen molar-refractivity contribution in [2.75, 3.05) is 0 Å². The molecule has 0 bridgehead atoms. The van der Waals surface area contributed by atoms with Gasteiger partial charge in [0.2, 0.25) is 0 Å². The minimum Gasteiger partial charge on any atom is -0.342 e. The molecule has 0 aliphatic heterocycles. The summed E-state index contributed by atoms with van der Waals surface area (Å²) < 4.78 is 3.93. The summed E-state index contributed by atoms with van der Waals surface area (Å²) in [5.74, 6) is -0.350. The summed E-state index contributed by atoms with van der Waals surface area (Å²) >= 11 is 12.5. The lowest BCUT2D eigenvalue weighted by molar-refractivity contribution is 0.0984. The van der Waals surface area contributed by atoms with E-state index in [1.54, 1.807) is 13.8 Å². The molecule has 2 heterocycles. The number of alkyl halides is 2. The quantitative estimate of drug-likeness (QED) is 0.284. The average molecular weight is 441 g/mol. The second kappa shape index (κ2) is 7.60. The molecule has 0 fully saturated rings. The highest BCUT2D eigenvalue weighted by atomic mass is 35.5. The summed E-state index contributed by atoms with van der Waals surface area (Å²) in [6.45, 7) is 3.34. The van der Waals surface area contributed by atoms with Crippen LogP contribution in [0.1, 0.15) is 34.6 Å². The minimum atomic E-state index is -0.699. The van der Waals surface area contributed by atoms with Gasteiger partial charge in [-0.05, 0) is 26.0 Å². The molecule has 0 radical (unpaired) electrons. The van der Waals surface area contributed by atoms with E-state index in [0.717, 1.165) is 21.8 Å². The molecule has 0 aliphatic carbocycles. The number of Topliss-reactive ketones (excluding diaryl/α,β-unsaturated/α-hetero) is 2. The smallest absolute Gasteiger partial charge is 0.183 e. The van der Waals surface area contributed by atoms with E-state index < -0.39 is 10.8 Å². The molecule has 0 saturated carbocycles. The first-order chi connectivity index (χ1) is 14.3. The lowest BCUT2D eigenvalue weighted by atomic mass is 9.98. The number of rotatable bonds is 5. The summed E-state index contributed by atoms with van der Waals surface area (Å²) in [6.07, 6.45) is 0. The van der Waals surface area contributed by atoms with E-state index in [1.165, 1.54) is 0 Å². The Hall–Kier alpha value is -2.56. The standard InChI is InChI=1S/C24H22Cl2N2O2/c1-13(25)23(29)19-15-9-5-7-11-17(15)27(3)21(19)22-20(24(30)14(2)26)16-10-6-8-12-18(16)28(22)4/h5-14H,1-4H3.